The molecule has 0 radical (unpaired) electrons. The molecule has 0 unspecified atom stereocenters. The van der Waals surface area contributed by atoms with Crippen molar-refractivity contribution in [1.82, 2.24) is 19.7 Å². The summed E-state index contributed by atoms with van der Waals surface area (Å²) in [6.07, 6.45) is 7.79. The number of hydrogen-bond acceptors (Lipinski definition) is 5. The lowest BCUT2D eigenvalue weighted by molar-refractivity contribution is 0.102. The van der Waals surface area contributed by atoms with Gasteiger partial charge in [-0.1, -0.05) is 30.3 Å². The van der Waals surface area contributed by atoms with Crippen LogP contribution in [0.15, 0.2) is 85.5 Å². The van der Waals surface area contributed by atoms with Crippen LogP contribution in [0.25, 0.3) is 0 Å². The molecule has 0 aliphatic rings. The maximum absolute atomic E-state index is 12.6. The number of amides is 1. The van der Waals surface area contributed by atoms with E-state index in [-0.39, 0.29) is 5.91 Å². The van der Waals surface area contributed by atoms with Gasteiger partial charge in [-0.2, -0.15) is 5.10 Å². The standard InChI is InChI=1S/C23H21N5O2/c29-23(20-8-13-25-22(16-20)30-17-19-4-2-1-3-5-19)26-21-10-15-28(27-21)14-9-18-6-11-24-12-7-18/h1-8,10-13,15-16H,9,14,17H2,(H,26,27,29). The Balaban J connectivity index is 1.33. The van der Waals surface area contributed by atoms with Gasteiger partial charge in [0.05, 0.1) is 0 Å². The molecule has 0 atom stereocenters. The zero-order chi connectivity index (χ0) is 20.6. The van der Waals surface area contributed by atoms with Crippen LogP contribution in [0.3, 0.4) is 0 Å². The molecule has 0 bridgehead atoms. The first-order chi connectivity index (χ1) is 14.8. The monoisotopic (exact) mass is 399 g/mol. The number of carbonyl (C=O) groups excluding carboxylic acids is 1. The average molecular weight is 399 g/mol. The summed E-state index contributed by atoms with van der Waals surface area (Å²) in [5.41, 5.74) is 2.68. The number of carbonyl (C=O) groups is 1. The fourth-order valence-corrected chi connectivity index (χ4v) is 2.90. The number of pyridine rings is 2. The maximum Gasteiger partial charge on any atom is 0.257 e. The van der Waals surface area contributed by atoms with E-state index in [0.717, 1.165) is 12.0 Å². The molecule has 1 N–H and O–H groups in total. The molecule has 3 heterocycles. The second-order valence-corrected chi connectivity index (χ2v) is 6.68. The Morgan fingerprint density at radius 3 is 2.63 bits per heavy atom. The molecule has 7 nitrogen and oxygen atoms in total. The van der Waals surface area contributed by atoms with Gasteiger partial charge in [0.2, 0.25) is 5.88 Å². The second-order valence-electron chi connectivity index (χ2n) is 6.68. The Kier molecular flexibility index (Phi) is 6.10. The van der Waals surface area contributed by atoms with E-state index in [1.165, 1.54) is 5.56 Å². The largest absolute Gasteiger partial charge is 0.473 e. The maximum atomic E-state index is 12.6. The smallest absolute Gasteiger partial charge is 0.257 e. The molecule has 0 fully saturated rings. The summed E-state index contributed by atoms with van der Waals surface area (Å²) in [5, 5.41) is 7.23. The number of rotatable bonds is 8. The van der Waals surface area contributed by atoms with Crippen LogP contribution in [0, 0.1) is 0 Å². The van der Waals surface area contributed by atoms with Gasteiger partial charge in [0.1, 0.15) is 6.61 Å². The number of nitrogens with zero attached hydrogens (tertiary/aromatic N) is 4. The van der Waals surface area contributed by atoms with Crippen LogP contribution in [0.2, 0.25) is 0 Å². The van der Waals surface area contributed by atoms with Gasteiger partial charge in [0.15, 0.2) is 5.82 Å². The lowest BCUT2D eigenvalue weighted by Crippen LogP contribution is -2.13. The molecular formula is C23H21N5O2. The Labute approximate surface area is 174 Å². The van der Waals surface area contributed by atoms with Crippen LogP contribution in [0.4, 0.5) is 5.82 Å². The van der Waals surface area contributed by atoms with Crippen molar-refractivity contribution in [3.8, 4) is 5.88 Å². The van der Waals surface area contributed by atoms with Gasteiger partial charge < -0.3 is 10.1 Å². The van der Waals surface area contributed by atoms with Gasteiger partial charge in [-0.05, 0) is 35.7 Å². The van der Waals surface area contributed by atoms with E-state index in [0.29, 0.717) is 30.4 Å². The average Bonchev–Trinajstić information content (AvgIpc) is 3.25. The van der Waals surface area contributed by atoms with E-state index < -0.39 is 0 Å². The first-order valence-electron chi connectivity index (χ1n) is 9.63. The molecule has 0 saturated heterocycles. The first kappa shape index (κ1) is 19.3. The van der Waals surface area contributed by atoms with Crippen molar-refractivity contribution in [2.75, 3.05) is 5.32 Å². The van der Waals surface area contributed by atoms with Gasteiger partial charge >= 0.3 is 0 Å². The molecular weight excluding hydrogens is 378 g/mol. The number of aromatic nitrogens is 4. The fourth-order valence-electron chi connectivity index (χ4n) is 2.90. The van der Waals surface area contributed by atoms with Crippen LogP contribution in [-0.4, -0.2) is 25.7 Å². The SMILES string of the molecule is O=C(Nc1ccn(CCc2ccncc2)n1)c1ccnc(OCc2ccccc2)c1. The van der Waals surface area contributed by atoms with Gasteiger partial charge in [0.25, 0.3) is 5.91 Å². The van der Waals surface area contributed by atoms with Crippen molar-refractivity contribution in [2.45, 2.75) is 19.6 Å². The third-order valence-corrected chi connectivity index (χ3v) is 4.49. The van der Waals surface area contributed by atoms with Gasteiger partial charge in [0, 0.05) is 49.0 Å². The molecule has 0 aliphatic carbocycles. The third kappa shape index (κ3) is 5.29. The van der Waals surface area contributed by atoms with Crippen molar-refractivity contribution in [1.29, 1.82) is 0 Å². The predicted octanol–water partition coefficient (Wildman–Crippen LogP) is 3.75. The van der Waals surface area contributed by atoms with Crippen molar-refractivity contribution >= 4 is 11.7 Å². The Morgan fingerprint density at radius 1 is 0.967 bits per heavy atom. The van der Waals surface area contributed by atoms with Crippen molar-refractivity contribution in [2.24, 2.45) is 0 Å². The van der Waals surface area contributed by atoms with Crippen LogP contribution < -0.4 is 10.1 Å². The van der Waals surface area contributed by atoms with E-state index in [4.69, 9.17) is 4.74 Å². The van der Waals surface area contributed by atoms with Crippen molar-refractivity contribution in [3.05, 3.63) is 102 Å². The van der Waals surface area contributed by atoms with Crippen LogP contribution in [0.5, 0.6) is 5.88 Å². The lowest BCUT2D eigenvalue weighted by Gasteiger charge is -2.07. The summed E-state index contributed by atoms with van der Waals surface area (Å²) in [6, 6.07) is 18.8. The number of hydrogen-bond donors (Lipinski definition) is 1. The molecule has 150 valence electrons. The molecule has 7 heteroatoms. The van der Waals surface area contributed by atoms with Gasteiger partial charge in [-0.25, -0.2) is 4.98 Å². The second kappa shape index (κ2) is 9.47. The predicted molar refractivity (Wildman–Crippen MR) is 113 cm³/mol. The molecule has 1 amide bonds. The molecule has 0 aliphatic heterocycles. The summed E-state index contributed by atoms with van der Waals surface area (Å²) in [5.74, 6) is 0.633. The highest BCUT2D eigenvalue weighted by Gasteiger charge is 2.10. The summed E-state index contributed by atoms with van der Waals surface area (Å²) in [6.45, 7) is 1.10. The minimum atomic E-state index is -0.263. The van der Waals surface area contributed by atoms with E-state index in [1.807, 2.05) is 48.7 Å². The minimum absolute atomic E-state index is 0.263. The summed E-state index contributed by atoms with van der Waals surface area (Å²) < 4.78 is 7.50. The van der Waals surface area contributed by atoms with Gasteiger partial charge in [-0.15, -0.1) is 0 Å². The Hall–Kier alpha value is -4.00. The normalized spacial score (nSPS) is 10.5. The topological polar surface area (TPSA) is 81.9 Å². The summed E-state index contributed by atoms with van der Waals surface area (Å²) in [4.78, 5) is 20.8. The minimum Gasteiger partial charge on any atom is -0.473 e. The van der Waals surface area contributed by atoms with Crippen molar-refractivity contribution in [3.63, 3.8) is 0 Å². The highest BCUT2D eigenvalue weighted by Crippen LogP contribution is 2.14. The first-order valence-corrected chi connectivity index (χ1v) is 9.63. The van der Waals surface area contributed by atoms with Crippen LogP contribution >= 0.6 is 0 Å². The van der Waals surface area contributed by atoms with E-state index in [1.54, 1.807) is 41.5 Å². The van der Waals surface area contributed by atoms with Crippen LogP contribution in [0.1, 0.15) is 21.5 Å². The number of nitrogens with one attached hydrogen (secondary N) is 1. The summed E-state index contributed by atoms with van der Waals surface area (Å²) >= 11 is 0. The van der Waals surface area contributed by atoms with Crippen LogP contribution in [-0.2, 0) is 19.6 Å². The fraction of sp³-hybridized carbons (Fsp3) is 0.130. The third-order valence-electron chi connectivity index (χ3n) is 4.49. The number of benzene rings is 1. The van der Waals surface area contributed by atoms with Crippen molar-refractivity contribution < 1.29 is 9.53 Å². The molecule has 4 rings (SSSR count). The zero-order valence-corrected chi connectivity index (χ0v) is 16.3. The van der Waals surface area contributed by atoms with Gasteiger partial charge in [-0.3, -0.25) is 14.5 Å². The molecule has 30 heavy (non-hydrogen) atoms. The molecule has 0 saturated carbocycles. The Bertz CT molecular complexity index is 1100. The Morgan fingerprint density at radius 2 is 1.80 bits per heavy atom. The molecule has 4 aromatic rings. The zero-order valence-electron chi connectivity index (χ0n) is 16.3. The lowest BCUT2D eigenvalue weighted by atomic mass is 10.2. The van der Waals surface area contributed by atoms with E-state index in [9.17, 15) is 4.79 Å². The molecule has 0 spiro atoms. The molecule has 3 aromatic heterocycles. The van der Waals surface area contributed by atoms with E-state index >= 15 is 0 Å². The van der Waals surface area contributed by atoms with E-state index in [2.05, 4.69) is 20.4 Å². The quantitative estimate of drug-likeness (QED) is 0.488. The summed E-state index contributed by atoms with van der Waals surface area (Å²) in [7, 11) is 0. The number of ether oxygens (including phenoxy) is 1. The number of aryl methyl sites for hydroxylation is 2. The number of anilines is 1. The molecule has 1 aromatic carbocycles. The highest BCUT2D eigenvalue weighted by molar-refractivity contribution is 6.03. The highest BCUT2D eigenvalue weighted by atomic mass is 16.5.